The predicted octanol–water partition coefficient (Wildman–Crippen LogP) is 1.34. The zero-order valence-corrected chi connectivity index (χ0v) is 16.3. The Hall–Kier alpha value is -3.23. The average Bonchev–Trinajstić information content (AvgIpc) is 3.31. The molecule has 0 unspecified atom stereocenters. The van der Waals surface area contributed by atoms with E-state index >= 15 is 0 Å². The van der Waals surface area contributed by atoms with Crippen LogP contribution in [-0.2, 0) is 10.2 Å². The molecule has 1 aromatic heterocycles. The highest BCUT2D eigenvalue weighted by molar-refractivity contribution is 5.97. The summed E-state index contributed by atoms with van der Waals surface area (Å²) in [5.74, 6) is -0.327. The Bertz CT molecular complexity index is 987. The van der Waals surface area contributed by atoms with Gasteiger partial charge in [0.15, 0.2) is 5.82 Å². The third-order valence-corrected chi connectivity index (χ3v) is 5.96. The summed E-state index contributed by atoms with van der Waals surface area (Å²) in [5.41, 5.74) is -0.230. The third-order valence-electron chi connectivity index (χ3n) is 5.96. The standard InChI is InChI=1S/C20H22N4O5/c1-12-21-19(29-22-12)20-10-23(13(2)25)7-6-16(20)9-24(11-20)17(26)14-4-3-5-15(8-14)18(27)28/h3-5,8,16H,6-7,9-11H2,1-2H3,(H,27,28)/t16-,20-/m0/s1. The number of hydrogen-bond acceptors (Lipinski definition) is 6. The number of carbonyl (C=O) groups is 3. The van der Waals surface area contributed by atoms with Crippen molar-refractivity contribution < 1.29 is 24.0 Å². The Kier molecular flexibility index (Phi) is 4.60. The van der Waals surface area contributed by atoms with Crippen molar-refractivity contribution >= 4 is 17.8 Å². The summed E-state index contributed by atoms with van der Waals surface area (Å²) < 4.78 is 5.51. The van der Waals surface area contributed by atoms with Gasteiger partial charge in [-0.1, -0.05) is 11.2 Å². The number of aryl methyl sites for hydroxylation is 1. The molecule has 9 nitrogen and oxygen atoms in total. The van der Waals surface area contributed by atoms with Crippen LogP contribution >= 0.6 is 0 Å². The number of aromatic nitrogens is 2. The molecule has 9 heteroatoms. The minimum absolute atomic E-state index is 0.0296. The first-order chi connectivity index (χ1) is 13.8. The van der Waals surface area contributed by atoms with Crippen LogP contribution in [0.5, 0.6) is 0 Å². The zero-order valence-electron chi connectivity index (χ0n) is 16.3. The number of amides is 2. The lowest BCUT2D eigenvalue weighted by Gasteiger charge is -2.41. The maximum atomic E-state index is 13.1. The molecular weight excluding hydrogens is 376 g/mol. The van der Waals surface area contributed by atoms with Gasteiger partial charge in [0.1, 0.15) is 0 Å². The normalized spacial score (nSPS) is 23.7. The van der Waals surface area contributed by atoms with Crippen molar-refractivity contribution in [2.45, 2.75) is 25.7 Å². The fourth-order valence-corrected chi connectivity index (χ4v) is 4.45. The first kappa shape index (κ1) is 19.1. The number of benzene rings is 1. The van der Waals surface area contributed by atoms with E-state index < -0.39 is 11.4 Å². The van der Waals surface area contributed by atoms with Crippen LogP contribution in [0.4, 0.5) is 0 Å². The van der Waals surface area contributed by atoms with Gasteiger partial charge < -0.3 is 19.4 Å². The highest BCUT2D eigenvalue weighted by Gasteiger charge is 2.55. The molecule has 2 aromatic rings. The van der Waals surface area contributed by atoms with E-state index in [-0.39, 0.29) is 23.3 Å². The van der Waals surface area contributed by atoms with Gasteiger partial charge in [-0.2, -0.15) is 4.98 Å². The maximum Gasteiger partial charge on any atom is 0.335 e. The number of piperidine rings is 1. The first-order valence-corrected chi connectivity index (χ1v) is 9.49. The summed E-state index contributed by atoms with van der Waals surface area (Å²) in [7, 11) is 0. The Morgan fingerprint density at radius 2 is 1.93 bits per heavy atom. The highest BCUT2D eigenvalue weighted by atomic mass is 16.5. The van der Waals surface area contributed by atoms with E-state index in [1.54, 1.807) is 28.9 Å². The third kappa shape index (κ3) is 3.26. The minimum atomic E-state index is -1.08. The van der Waals surface area contributed by atoms with Gasteiger partial charge in [0.25, 0.3) is 5.91 Å². The van der Waals surface area contributed by atoms with E-state index in [1.165, 1.54) is 19.1 Å². The number of rotatable bonds is 3. The number of carboxylic acids is 1. The van der Waals surface area contributed by atoms with E-state index in [0.29, 0.717) is 43.5 Å². The second kappa shape index (κ2) is 6.98. The Labute approximate surface area is 167 Å². The quantitative estimate of drug-likeness (QED) is 0.829. The van der Waals surface area contributed by atoms with E-state index in [4.69, 9.17) is 4.52 Å². The van der Waals surface area contributed by atoms with Gasteiger partial charge in [0, 0.05) is 38.7 Å². The summed E-state index contributed by atoms with van der Waals surface area (Å²) in [6.07, 6.45) is 0.722. The molecule has 29 heavy (non-hydrogen) atoms. The lowest BCUT2D eigenvalue weighted by molar-refractivity contribution is -0.131. The van der Waals surface area contributed by atoms with Gasteiger partial charge in [0.2, 0.25) is 11.8 Å². The molecule has 2 saturated heterocycles. The van der Waals surface area contributed by atoms with Crippen molar-refractivity contribution in [1.29, 1.82) is 0 Å². The van der Waals surface area contributed by atoms with Gasteiger partial charge in [-0.05, 0) is 37.5 Å². The lowest BCUT2D eigenvalue weighted by Crippen LogP contribution is -2.53. The van der Waals surface area contributed by atoms with Crippen molar-refractivity contribution in [3.8, 4) is 0 Å². The van der Waals surface area contributed by atoms with Crippen LogP contribution in [0.3, 0.4) is 0 Å². The molecule has 0 spiro atoms. The molecule has 0 saturated carbocycles. The van der Waals surface area contributed by atoms with Crippen molar-refractivity contribution in [1.82, 2.24) is 19.9 Å². The van der Waals surface area contributed by atoms with Gasteiger partial charge in [-0.15, -0.1) is 0 Å². The fourth-order valence-electron chi connectivity index (χ4n) is 4.45. The molecule has 2 aliphatic rings. The molecule has 0 radical (unpaired) electrons. The van der Waals surface area contributed by atoms with Crippen molar-refractivity contribution in [3.63, 3.8) is 0 Å². The molecule has 0 aliphatic carbocycles. The summed E-state index contributed by atoms with van der Waals surface area (Å²) in [4.78, 5) is 44.3. The Morgan fingerprint density at radius 1 is 1.21 bits per heavy atom. The summed E-state index contributed by atoms with van der Waals surface area (Å²) in [6, 6.07) is 6.02. The number of aromatic carboxylic acids is 1. The van der Waals surface area contributed by atoms with Crippen LogP contribution in [0.25, 0.3) is 0 Å². The zero-order chi connectivity index (χ0) is 20.8. The van der Waals surface area contributed by atoms with Crippen LogP contribution in [0.1, 0.15) is 45.8 Å². The number of carboxylic acid groups (broad SMARTS) is 1. The average molecular weight is 398 g/mol. The van der Waals surface area contributed by atoms with Crippen LogP contribution in [0.15, 0.2) is 28.8 Å². The number of carbonyl (C=O) groups excluding carboxylic acids is 2. The fraction of sp³-hybridized carbons (Fsp3) is 0.450. The SMILES string of the molecule is CC(=O)N1CC[C@H]2CN(C(=O)c3cccc(C(=O)O)c3)C[C@@]2(c2nc(C)no2)C1. The van der Waals surface area contributed by atoms with Gasteiger partial charge in [-0.3, -0.25) is 9.59 Å². The van der Waals surface area contributed by atoms with Crippen molar-refractivity contribution in [3.05, 3.63) is 47.1 Å². The van der Waals surface area contributed by atoms with Crippen LogP contribution in [0, 0.1) is 12.8 Å². The number of hydrogen-bond donors (Lipinski definition) is 1. The molecule has 3 heterocycles. The second-order valence-electron chi connectivity index (χ2n) is 7.80. The monoisotopic (exact) mass is 398 g/mol. The molecule has 2 fully saturated rings. The van der Waals surface area contributed by atoms with Gasteiger partial charge in [-0.25, -0.2) is 4.79 Å². The molecule has 2 atom stereocenters. The van der Waals surface area contributed by atoms with Crippen LogP contribution in [0.2, 0.25) is 0 Å². The second-order valence-corrected chi connectivity index (χ2v) is 7.80. The van der Waals surface area contributed by atoms with E-state index in [9.17, 15) is 19.5 Å². The Morgan fingerprint density at radius 3 is 2.59 bits per heavy atom. The molecule has 2 aliphatic heterocycles. The highest BCUT2D eigenvalue weighted by Crippen LogP contribution is 2.44. The summed E-state index contributed by atoms with van der Waals surface area (Å²) in [6.45, 7) is 5.11. The largest absolute Gasteiger partial charge is 0.478 e. The molecule has 0 bridgehead atoms. The molecule has 2 amide bonds. The number of fused-ring (bicyclic) bond motifs is 1. The van der Waals surface area contributed by atoms with E-state index in [2.05, 4.69) is 10.1 Å². The smallest absolute Gasteiger partial charge is 0.335 e. The number of likely N-dealkylation sites (tertiary alicyclic amines) is 2. The van der Waals surface area contributed by atoms with Crippen LogP contribution < -0.4 is 0 Å². The number of nitrogens with zero attached hydrogens (tertiary/aromatic N) is 4. The van der Waals surface area contributed by atoms with E-state index in [1.807, 2.05) is 0 Å². The van der Waals surface area contributed by atoms with Crippen molar-refractivity contribution in [2.75, 3.05) is 26.2 Å². The predicted molar refractivity (Wildman–Crippen MR) is 100 cm³/mol. The molecule has 1 aromatic carbocycles. The topological polar surface area (TPSA) is 117 Å². The van der Waals surface area contributed by atoms with E-state index in [0.717, 1.165) is 6.42 Å². The summed E-state index contributed by atoms with van der Waals surface area (Å²) in [5, 5.41) is 13.1. The maximum absolute atomic E-state index is 13.1. The molecular formula is C20H22N4O5. The van der Waals surface area contributed by atoms with Crippen molar-refractivity contribution in [2.24, 2.45) is 5.92 Å². The molecule has 4 rings (SSSR count). The van der Waals surface area contributed by atoms with Crippen LogP contribution in [-0.4, -0.2) is 69.0 Å². The Balaban J connectivity index is 1.67. The van der Waals surface area contributed by atoms with Gasteiger partial charge >= 0.3 is 5.97 Å². The first-order valence-electron chi connectivity index (χ1n) is 9.49. The molecule has 1 N–H and O–H groups in total. The lowest BCUT2D eigenvalue weighted by atomic mass is 9.73. The minimum Gasteiger partial charge on any atom is -0.478 e. The summed E-state index contributed by atoms with van der Waals surface area (Å²) >= 11 is 0. The van der Waals surface area contributed by atoms with Gasteiger partial charge in [0.05, 0.1) is 11.0 Å². The molecule has 152 valence electrons.